The van der Waals surface area contributed by atoms with E-state index in [9.17, 15) is 22.8 Å². The minimum atomic E-state index is -4.58. The number of pyridine rings is 1. The van der Waals surface area contributed by atoms with Crippen molar-refractivity contribution < 1.29 is 27.5 Å². The molecule has 10 nitrogen and oxygen atoms in total. The summed E-state index contributed by atoms with van der Waals surface area (Å²) in [5.74, 6) is -0.0552. The predicted molar refractivity (Wildman–Crippen MR) is 111 cm³/mol. The van der Waals surface area contributed by atoms with Crippen LogP contribution in [-0.4, -0.2) is 54.4 Å². The van der Waals surface area contributed by atoms with Crippen molar-refractivity contribution in [3.63, 3.8) is 0 Å². The Morgan fingerprint density at radius 1 is 1.30 bits per heavy atom. The van der Waals surface area contributed by atoms with E-state index in [1.165, 1.54) is 28.5 Å². The maximum Gasteiger partial charge on any atom is 0.417 e. The lowest BCUT2D eigenvalue weighted by atomic mass is 10.2. The zero-order valence-corrected chi connectivity index (χ0v) is 18.3. The normalized spacial score (nSPS) is 13.0. The van der Waals surface area contributed by atoms with Gasteiger partial charge in [-0.1, -0.05) is 6.92 Å². The summed E-state index contributed by atoms with van der Waals surface area (Å²) >= 11 is 0. The molecule has 0 aliphatic carbocycles. The van der Waals surface area contributed by atoms with Crippen LogP contribution in [0.25, 0.3) is 28.2 Å². The number of rotatable bonds is 5. The molecule has 0 aliphatic rings. The zero-order valence-electron chi connectivity index (χ0n) is 17.5. The first kappa shape index (κ1) is 22.5. The van der Waals surface area contributed by atoms with Gasteiger partial charge < -0.3 is 9.30 Å². The number of methoxy groups -OCH3 is 1. The second-order valence-electron chi connectivity index (χ2n) is 6.66. The molecule has 0 N–H and O–H groups in total. The number of aryl methyl sites for hydroxylation is 1. The Morgan fingerprint density at radius 3 is 2.70 bits per heavy atom. The topological polar surface area (TPSA) is 117 Å². The number of esters is 1. The van der Waals surface area contributed by atoms with Gasteiger partial charge in [-0.2, -0.15) is 22.6 Å². The highest BCUT2D eigenvalue weighted by molar-refractivity contribution is 7.87. The summed E-state index contributed by atoms with van der Waals surface area (Å²) in [6.07, 6.45) is -2.07. The Labute approximate surface area is 186 Å². The quantitative estimate of drug-likeness (QED) is 0.319. The van der Waals surface area contributed by atoms with E-state index in [4.69, 9.17) is 4.74 Å². The largest absolute Gasteiger partial charge is 0.464 e. The highest BCUT2D eigenvalue weighted by atomic mass is 32.2. The molecule has 0 fully saturated rings. The fraction of sp³-hybridized carbons (Fsp3) is 0.263. The molecule has 1 amide bonds. The van der Waals surface area contributed by atoms with Gasteiger partial charge in [-0.05, 0) is 22.8 Å². The fourth-order valence-electron chi connectivity index (χ4n) is 3.31. The van der Waals surface area contributed by atoms with Crippen LogP contribution in [0.4, 0.5) is 13.2 Å². The SMILES string of the molecule is CCS(=NC=O)c1nn2c(C(=O)OC)ccnc2c1-c1nc2cc(C(F)(F)F)cnc2n1C. The van der Waals surface area contributed by atoms with E-state index >= 15 is 0 Å². The molecule has 0 radical (unpaired) electrons. The number of amides is 1. The minimum absolute atomic E-state index is 0.0143. The van der Waals surface area contributed by atoms with E-state index in [1.807, 2.05) is 0 Å². The Morgan fingerprint density at radius 2 is 2.06 bits per heavy atom. The van der Waals surface area contributed by atoms with Crippen molar-refractivity contribution in [2.24, 2.45) is 11.4 Å². The third-order valence-corrected chi connectivity index (χ3v) is 6.43. The van der Waals surface area contributed by atoms with Crippen LogP contribution >= 0.6 is 0 Å². The van der Waals surface area contributed by atoms with E-state index < -0.39 is 28.4 Å². The van der Waals surface area contributed by atoms with E-state index in [-0.39, 0.29) is 28.3 Å². The molecule has 4 aromatic rings. The summed E-state index contributed by atoms with van der Waals surface area (Å²) in [4.78, 5) is 36.0. The third kappa shape index (κ3) is 3.75. The van der Waals surface area contributed by atoms with Crippen molar-refractivity contribution in [3.05, 3.63) is 35.8 Å². The lowest BCUT2D eigenvalue weighted by Crippen LogP contribution is -2.09. The summed E-state index contributed by atoms with van der Waals surface area (Å²) in [6, 6.07) is 2.31. The zero-order chi connectivity index (χ0) is 23.9. The highest BCUT2D eigenvalue weighted by Gasteiger charge is 2.32. The molecule has 33 heavy (non-hydrogen) atoms. The van der Waals surface area contributed by atoms with Gasteiger partial charge in [-0.15, -0.1) is 0 Å². The average Bonchev–Trinajstić information content (AvgIpc) is 3.33. The Bertz CT molecular complexity index is 1440. The van der Waals surface area contributed by atoms with Crippen LogP contribution in [0.1, 0.15) is 23.0 Å². The molecule has 0 saturated carbocycles. The number of carbonyl (C=O) groups excluding carboxylic acids is 2. The van der Waals surface area contributed by atoms with Gasteiger partial charge in [0, 0.05) is 25.2 Å². The van der Waals surface area contributed by atoms with Crippen molar-refractivity contribution in [1.82, 2.24) is 29.1 Å². The van der Waals surface area contributed by atoms with Gasteiger partial charge in [0.05, 0.1) is 18.2 Å². The number of alkyl halides is 3. The van der Waals surface area contributed by atoms with Crippen LogP contribution in [0.15, 0.2) is 33.9 Å². The van der Waals surface area contributed by atoms with E-state index in [1.54, 1.807) is 14.0 Å². The molecule has 172 valence electrons. The van der Waals surface area contributed by atoms with Crippen LogP contribution in [0, 0.1) is 0 Å². The van der Waals surface area contributed by atoms with Crippen molar-refractivity contribution in [2.45, 2.75) is 18.1 Å². The Balaban J connectivity index is 2.08. The van der Waals surface area contributed by atoms with Crippen LogP contribution in [0.2, 0.25) is 0 Å². The van der Waals surface area contributed by atoms with Gasteiger partial charge in [0.2, 0.25) is 6.41 Å². The number of carbonyl (C=O) groups is 2. The number of imidazole rings is 1. The van der Waals surface area contributed by atoms with Crippen LogP contribution in [0.5, 0.6) is 0 Å². The number of aromatic nitrogens is 6. The Hall–Kier alpha value is -3.68. The summed E-state index contributed by atoms with van der Waals surface area (Å²) in [5, 5.41) is 4.78. The number of hydrogen-bond donors (Lipinski definition) is 0. The molecule has 0 bridgehead atoms. The van der Waals surface area contributed by atoms with Crippen LogP contribution in [-0.2, 0) is 33.4 Å². The van der Waals surface area contributed by atoms with E-state index in [0.717, 1.165) is 12.3 Å². The number of nitrogens with zero attached hydrogens (tertiary/aromatic N) is 7. The first-order valence-corrected chi connectivity index (χ1v) is 10.8. The molecule has 1 unspecified atom stereocenters. The molecule has 4 aromatic heterocycles. The summed E-state index contributed by atoms with van der Waals surface area (Å²) < 4.78 is 51.0. The molecular formula is C19H16F3N7O3S. The third-order valence-electron chi connectivity index (χ3n) is 4.81. The van der Waals surface area contributed by atoms with E-state index in [2.05, 4.69) is 24.4 Å². The first-order chi connectivity index (χ1) is 15.7. The molecule has 4 heterocycles. The second-order valence-corrected chi connectivity index (χ2v) is 8.56. The van der Waals surface area contributed by atoms with Gasteiger partial charge in [0.25, 0.3) is 0 Å². The number of hydrogen-bond acceptors (Lipinski definition) is 7. The summed E-state index contributed by atoms with van der Waals surface area (Å²) in [5.41, 5.74) is -0.122. The average molecular weight is 479 g/mol. The van der Waals surface area contributed by atoms with Crippen molar-refractivity contribution >= 4 is 39.9 Å². The molecule has 0 spiro atoms. The van der Waals surface area contributed by atoms with Crippen molar-refractivity contribution in [1.29, 1.82) is 0 Å². The lowest BCUT2D eigenvalue weighted by molar-refractivity contribution is -0.137. The van der Waals surface area contributed by atoms with Gasteiger partial charge in [-0.25, -0.2) is 24.3 Å². The monoisotopic (exact) mass is 479 g/mol. The summed E-state index contributed by atoms with van der Waals surface area (Å²) in [7, 11) is 1.77. The molecule has 1 atom stereocenters. The number of halogens is 3. The molecule has 0 aliphatic heterocycles. The molecule has 4 rings (SSSR count). The van der Waals surface area contributed by atoms with Crippen molar-refractivity contribution in [3.8, 4) is 11.4 Å². The standard InChI is InChI=1S/C19H16F3N7O3S/c1-4-33(25-9-30)17-13(15-23-6-5-12(18(31)32-3)29(15)27-17)16-26-11-7-10(19(20,21)22)8-24-14(11)28(16)2/h5-9H,4H2,1-3H3. The first-order valence-electron chi connectivity index (χ1n) is 9.42. The maximum atomic E-state index is 13.2. The van der Waals surface area contributed by atoms with Gasteiger partial charge in [0.1, 0.15) is 16.4 Å². The second kappa shape index (κ2) is 8.35. The molecular weight excluding hydrogens is 463 g/mol. The Kier molecular flexibility index (Phi) is 5.69. The van der Waals surface area contributed by atoms with Crippen molar-refractivity contribution in [2.75, 3.05) is 12.9 Å². The van der Waals surface area contributed by atoms with Crippen LogP contribution < -0.4 is 0 Å². The molecule has 0 saturated heterocycles. The smallest absolute Gasteiger partial charge is 0.417 e. The lowest BCUT2D eigenvalue weighted by Gasteiger charge is -2.06. The van der Waals surface area contributed by atoms with E-state index in [0.29, 0.717) is 22.8 Å². The predicted octanol–water partition coefficient (Wildman–Crippen LogP) is 2.82. The minimum Gasteiger partial charge on any atom is -0.464 e. The maximum absolute atomic E-state index is 13.2. The number of ether oxygens (including phenoxy) is 1. The summed E-state index contributed by atoms with van der Waals surface area (Å²) in [6.45, 7) is 1.80. The number of fused-ring (bicyclic) bond motifs is 2. The molecule has 0 aromatic carbocycles. The molecule has 14 heteroatoms. The van der Waals surface area contributed by atoms with Gasteiger partial charge in [0.15, 0.2) is 17.0 Å². The van der Waals surface area contributed by atoms with Crippen LogP contribution in [0.3, 0.4) is 0 Å². The fourth-order valence-corrected chi connectivity index (χ4v) is 4.53. The van der Waals surface area contributed by atoms with Gasteiger partial charge in [-0.3, -0.25) is 4.79 Å². The van der Waals surface area contributed by atoms with Gasteiger partial charge >= 0.3 is 12.1 Å². The highest BCUT2D eigenvalue weighted by Crippen LogP contribution is 2.34.